The normalized spacial score (nSPS) is 21.4. The van der Waals surface area contributed by atoms with Crippen LogP contribution in [0, 0.1) is 5.41 Å². The van der Waals surface area contributed by atoms with Crippen LogP contribution < -0.4 is 11.1 Å². The monoisotopic (exact) mass is 422 g/mol. The van der Waals surface area contributed by atoms with E-state index in [4.69, 9.17) is 5.73 Å². The summed E-state index contributed by atoms with van der Waals surface area (Å²) in [7, 11) is 0. The average Bonchev–Trinajstić information content (AvgIpc) is 3.27. The largest absolute Gasteiger partial charge is 0.331 e. The van der Waals surface area contributed by atoms with E-state index in [9.17, 15) is 9.59 Å². The van der Waals surface area contributed by atoms with Gasteiger partial charge in [-0.1, -0.05) is 19.3 Å². The molecule has 1 aromatic heterocycles. The van der Waals surface area contributed by atoms with Crippen LogP contribution in [0.5, 0.6) is 0 Å². The van der Waals surface area contributed by atoms with Crippen molar-refractivity contribution in [1.82, 2.24) is 9.88 Å². The number of hydrogen-bond donors (Lipinski definition) is 2. The van der Waals surface area contributed by atoms with Crippen LogP contribution >= 0.6 is 36.2 Å². The number of thiazole rings is 1. The molecule has 0 bridgehead atoms. The Bertz CT molecular complexity index is 579. The van der Waals surface area contributed by atoms with Gasteiger partial charge in [-0.05, 0) is 37.6 Å². The van der Waals surface area contributed by atoms with Gasteiger partial charge in [-0.3, -0.25) is 9.59 Å². The van der Waals surface area contributed by atoms with E-state index in [0.29, 0.717) is 24.6 Å². The number of likely N-dealkylation sites (tertiary alicyclic amines) is 1. The smallest absolute Gasteiger partial charge is 0.248 e. The van der Waals surface area contributed by atoms with Gasteiger partial charge in [0.15, 0.2) is 5.13 Å². The van der Waals surface area contributed by atoms with Gasteiger partial charge < -0.3 is 16.0 Å². The van der Waals surface area contributed by atoms with Crippen molar-refractivity contribution in [3.8, 4) is 0 Å². The summed E-state index contributed by atoms with van der Waals surface area (Å²) in [5.74, 6) is -0.0413. The number of anilines is 1. The van der Waals surface area contributed by atoms with Crippen LogP contribution in [0.3, 0.4) is 0 Å². The number of amides is 2. The van der Waals surface area contributed by atoms with Gasteiger partial charge in [0.1, 0.15) is 6.04 Å². The second kappa shape index (κ2) is 10.4. The molecule has 1 unspecified atom stereocenters. The molecule has 1 aromatic rings. The summed E-state index contributed by atoms with van der Waals surface area (Å²) >= 11 is 1.39. The summed E-state index contributed by atoms with van der Waals surface area (Å²) in [6.45, 7) is 1.22. The highest BCUT2D eigenvalue weighted by Gasteiger charge is 2.39. The number of nitrogens with two attached hydrogens (primary N) is 1. The topological polar surface area (TPSA) is 88.3 Å². The molecule has 1 atom stereocenters. The van der Waals surface area contributed by atoms with E-state index in [0.717, 1.165) is 38.5 Å². The number of nitrogens with one attached hydrogen (secondary N) is 1. The van der Waals surface area contributed by atoms with Crippen molar-refractivity contribution in [2.45, 2.75) is 57.4 Å². The molecule has 1 aliphatic carbocycles. The van der Waals surface area contributed by atoms with Crippen molar-refractivity contribution in [2.75, 3.05) is 18.4 Å². The zero-order valence-electron chi connectivity index (χ0n) is 14.8. The molecule has 1 aliphatic heterocycles. The average molecular weight is 423 g/mol. The first-order valence-corrected chi connectivity index (χ1v) is 9.71. The minimum Gasteiger partial charge on any atom is -0.331 e. The predicted molar refractivity (Wildman–Crippen MR) is 109 cm³/mol. The van der Waals surface area contributed by atoms with Crippen LogP contribution in [0.4, 0.5) is 5.13 Å². The van der Waals surface area contributed by atoms with Crippen LogP contribution in [-0.2, 0) is 9.59 Å². The zero-order valence-corrected chi connectivity index (χ0v) is 17.3. The lowest BCUT2D eigenvalue weighted by molar-refractivity contribution is -0.139. The maximum absolute atomic E-state index is 12.9. The first-order chi connectivity index (χ1) is 11.6. The molecule has 1 saturated heterocycles. The number of carbonyl (C=O) groups excluding carboxylic acids is 2. The summed E-state index contributed by atoms with van der Waals surface area (Å²) in [5, 5.41) is 5.23. The molecule has 2 heterocycles. The molecule has 1 saturated carbocycles. The highest BCUT2D eigenvalue weighted by Crippen LogP contribution is 2.39. The number of hydrogen-bond acceptors (Lipinski definition) is 5. The molecule has 0 aromatic carbocycles. The number of carbonyl (C=O) groups is 2. The summed E-state index contributed by atoms with van der Waals surface area (Å²) in [5.41, 5.74) is 5.95. The quantitative estimate of drug-likeness (QED) is 0.761. The van der Waals surface area contributed by atoms with E-state index in [-0.39, 0.29) is 48.1 Å². The molecule has 3 N–H and O–H groups in total. The van der Waals surface area contributed by atoms with Crippen LogP contribution in [-0.4, -0.2) is 40.8 Å². The molecule has 2 fully saturated rings. The van der Waals surface area contributed by atoms with Crippen molar-refractivity contribution in [1.29, 1.82) is 0 Å². The lowest BCUT2D eigenvalue weighted by Gasteiger charge is -2.37. The molecule has 3 rings (SSSR count). The minimum absolute atomic E-state index is 0. The van der Waals surface area contributed by atoms with Gasteiger partial charge in [-0.25, -0.2) is 4.98 Å². The lowest BCUT2D eigenvalue weighted by atomic mass is 9.71. The lowest BCUT2D eigenvalue weighted by Crippen LogP contribution is -2.46. The van der Waals surface area contributed by atoms with Crippen LogP contribution in [0.25, 0.3) is 0 Å². The van der Waals surface area contributed by atoms with Crippen LogP contribution in [0.15, 0.2) is 11.6 Å². The highest BCUT2D eigenvalue weighted by molar-refractivity contribution is 7.13. The Kier molecular flexibility index (Phi) is 9.30. The SMILES string of the molecule is Cl.Cl.NCC1(CC(=O)N2CCCC2C(=O)Nc2nccs2)CCCCC1. The Morgan fingerprint density at radius 2 is 2.00 bits per heavy atom. The Morgan fingerprint density at radius 1 is 1.27 bits per heavy atom. The first-order valence-electron chi connectivity index (χ1n) is 8.83. The molecular weight excluding hydrogens is 395 g/mol. The maximum Gasteiger partial charge on any atom is 0.248 e. The molecule has 26 heavy (non-hydrogen) atoms. The fourth-order valence-corrected chi connectivity index (χ4v) is 4.52. The van der Waals surface area contributed by atoms with Gasteiger partial charge in [0, 0.05) is 24.5 Å². The fraction of sp³-hybridized carbons (Fsp3) is 0.706. The van der Waals surface area contributed by atoms with Gasteiger partial charge in [-0.2, -0.15) is 0 Å². The predicted octanol–water partition coefficient (Wildman–Crippen LogP) is 3.22. The molecular formula is C17H28Cl2N4O2S. The summed E-state index contributed by atoms with van der Waals surface area (Å²) < 4.78 is 0. The molecule has 9 heteroatoms. The second-order valence-corrected chi connectivity index (χ2v) is 7.91. The van der Waals surface area contributed by atoms with E-state index in [1.807, 2.05) is 5.38 Å². The van der Waals surface area contributed by atoms with E-state index >= 15 is 0 Å². The van der Waals surface area contributed by atoms with Gasteiger partial charge in [0.25, 0.3) is 0 Å². The second-order valence-electron chi connectivity index (χ2n) is 7.01. The third kappa shape index (κ3) is 5.31. The zero-order chi connectivity index (χ0) is 17.0. The number of rotatable bonds is 5. The Hall–Kier alpha value is -0.890. The first kappa shape index (κ1) is 23.1. The number of halogens is 2. The third-order valence-electron chi connectivity index (χ3n) is 5.41. The summed E-state index contributed by atoms with van der Waals surface area (Å²) in [4.78, 5) is 31.2. The van der Waals surface area contributed by atoms with Crippen molar-refractivity contribution in [2.24, 2.45) is 11.1 Å². The van der Waals surface area contributed by atoms with Crippen molar-refractivity contribution in [3.63, 3.8) is 0 Å². The number of aromatic nitrogens is 1. The molecule has 148 valence electrons. The minimum atomic E-state index is -0.375. The Balaban J connectivity index is 0.00000169. The van der Waals surface area contributed by atoms with E-state index in [1.54, 1.807) is 11.1 Å². The van der Waals surface area contributed by atoms with Crippen LogP contribution in [0.2, 0.25) is 0 Å². The van der Waals surface area contributed by atoms with Crippen LogP contribution in [0.1, 0.15) is 51.4 Å². The summed E-state index contributed by atoms with van der Waals surface area (Å²) in [6.07, 6.45) is 9.32. The van der Waals surface area contributed by atoms with Crippen molar-refractivity contribution >= 4 is 53.1 Å². The van der Waals surface area contributed by atoms with Crippen molar-refractivity contribution in [3.05, 3.63) is 11.6 Å². The molecule has 2 aliphatic rings. The van der Waals surface area contributed by atoms with Crippen molar-refractivity contribution < 1.29 is 9.59 Å². The van der Waals surface area contributed by atoms with Gasteiger partial charge in [0.05, 0.1) is 0 Å². The Morgan fingerprint density at radius 3 is 2.62 bits per heavy atom. The van der Waals surface area contributed by atoms with E-state index < -0.39 is 0 Å². The molecule has 0 spiro atoms. The number of nitrogens with zero attached hydrogens (tertiary/aromatic N) is 2. The maximum atomic E-state index is 12.9. The van der Waals surface area contributed by atoms with Gasteiger partial charge in [0.2, 0.25) is 11.8 Å². The van der Waals surface area contributed by atoms with E-state index in [1.165, 1.54) is 17.8 Å². The van der Waals surface area contributed by atoms with Gasteiger partial charge >= 0.3 is 0 Å². The highest BCUT2D eigenvalue weighted by atomic mass is 35.5. The summed E-state index contributed by atoms with van der Waals surface area (Å²) in [6, 6.07) is -0.375. The standard InChI is InChI=1S/C17H26N4O2S.2ClH/c18-12-17(6-2-1-3-7-17)11-14(22)21-9-4-5-13(21)15(23)20-16-19-8-10-24-16;;/h8,10,13H,1-7,9,11-12,18H2,(H,19,20,23);2*1H. The molecule has 0 radical (unpaired) electrons. The van der Waals surface area contributed by atoms with E-state index in [2.05, 4.69) is 10.3 Å². The molecule has 2 amide bonds. The third-order valence-corrected chi connectivity index (χ3v) is 6.10. The van der Waals surface area contributed by atoms with Gasteiger partial charge in [-0.15, -0.1) is 36.2 Å². The Labute approximate surface area is 171 Å². The molecule has 6 nitrogen and oxygen atoms in total. The fourth-order valence-electron chi connectivity index (χ4n) is 3.99.